The quantitative estimate of drug-likeness (QED) is 0.306. The molecule has 17 heavy (non-hydrogen) atoms. The second-order valence-electron chi connectivity index (χ2n) is 2.75. The van der Waals surface area contributed by atoms with Crippen LogP contribution in [0.15, 0.2) is 23.2 Å². The summed E-state index contributed by atoms with van der Waals surface area (Å²) in [4.78, 5) is 11.1. The van der Waals surface area contributed by atoms with Crippen molar-refractivity contribution in [1.82, 2.24) is 0 Å². The van der Waals surface area contributed by atoms with Crippen LogP contribution in [-0.2, 0) is 19.0 Å². The Kier molecular flexibility index (Phi) is 6.64. The Hall–Kier alpha value is -2.47. The second kappa shape index (κ2) is 7.77. The van der Waals surface area contributed by atoms with Crippen molar-refractivity contribution >= 4 is 5.97 Å². The molecule has 0 aliphatic rings. The summed E-state index contributed by atoms with van der Waals surface area (Å²) in [5.74, 6) is -0.474. The minimum Gasteiger partial charge on any atom is -0.469 e. The van der Waals surface area contributed by atoms with Gasteiger partial charge in [-0.25, -0.2) is 0 Å². The Bertz CT molecular complexity index is 402. The van der Waals surface area contributed by atoms with Crippen molar-refractivity contribution in [2.75, 3.05) is 21.3 Å². The van der Waals surface area contributed by atoms with Crippen LogP contribution in [0, 0.1) is 22.7 Å². The molecule has 0 atom stereocenters. The first-order chi connectivity index (χ1) is 8.12. The fourth-order valence-electron chi connectivity index (χ4n) is 0.951. The zero-order chi connectivity index (χ0) is 13.3. The van der Waals surface area contributed by atoms with Gasteiger partial charge in [0.2, 0.25) is 0 Å². The van der Waals surface area contributed by atoms with E-state index in [2.05, 4.69) is 4.74 Å². The Morgan fingerprint density at radius 1 is 1.12 bits per heavy atom. The molecule has 0 N–H and O–H groups in total. The number of hydrogen-bond acceptors (Lipinski definition) is 6. The van der Waals surface area contributed by atoms with E-state index in [1.54, 1.807) is 12.1 Å². The molecule has 0 spiro atoms. The summed E-state index contributed by atoms with van der Waals surface area (Å²) in [5, 5.41) is 17.5. The van der Waals surface area contributed by atoms with Gasteiger partial charge in [-0.3, -0.25) is 4.79 Å². The minimum atomic E-state index is -0.564. The fourth-order valence-corrected chi connectivity index (χ4v) is 0.951. The van der Waals surface area contributed by atoms with Gasteiger partial charge >= 0.3 is 5.97 Å². The molecule has 0 unspecified atom stereocenters. The summed E-state index contributed by atoms with van der Waals surface area (Å²) in [5.41, 5.74) is -0.0115. The number of carbonyl (C=O) groups excluding carboxylic acids is 1. The molecule has 0 aliphatic heterocycles. The molecule has 0 rings (SSSR count). The van der Waals surface area contributed by atoms with Crippen LogP contribution in [0.2, 0.25) is 0 Å². The van der Waals surface area contributed by atoms with Gasteiger partial charge in [-0.1, -0.05) is 0 Å². The molecule has 0 aromatic heterocycles. The minimum absolute atomic E-state index is 0.0897. The van der Waals surface area contributed by atoms with Crippen LogP contribution in [0.25, 0.3) is 0 Å². The van der Waals surface area contributed by atoms with Gasteiger partial charge in [0.15, 0.2) is 0 Å². The largest absolute Gasteiger partial charge is 0.469 e. The molecule has 0 aromatic rings. The summed E-state index contributed by atoms with van der Waals surface area (Å²) in [6, 6.07) is 3.38. The van der Waals surface area contributed by atoms with Gasteiger partial charge in [-0.15, -0.1) is 0 Å². The Labute approximate surface area is 99.3 Å². The number of ether oxygens (including phenoxy) is 3. The molecule has 0 saturated heterocycles. The van der Waals surface area contributed by atoms with Gasteiger partial charge in [-0.05, 0) is 5.57 Å². The fraction of sp³-hybridized carbons (Fsp3) is 0.364. The molecule has 6 heteroatoms. The van der Waals surface area contributed by atoms with Gasteiger partial charge in [0.05, 0.1) is 27.8 Å². The lowest BCUT2D eigenvalue weighted by Crippen LogP contribution is -2.03. The molecule has 0 saturated carbocycles. The number of allylic oxidation sites excluding steroid dienone is 2. The van der Waals surface area contributed by atoms with Gasteiger partial charge in [0.25, 0.3) is 5.95 Å². The predicted molar refractivity (Wildman–Crippen MR) is 57.0 cm³/mol. The van der Waals surface area contributed by atoms with Crippen molar-refractivity contribution in [2.24, 2.45) is 0 Å². The van der Waals surface area contributed by atoms with E-state index in [1.807, 2.05) is 0 Å². The lowest BCUT2D eigenvalue weighted by molar-refractivity contribution is -0.139. The number of hydrogen-bond donors (Lipinski definition) is 0. The van der Waals surface area contributed by atoms with E-state index < -0.39 is 5.97 Å². The zero-order valence-corrected chi connectivity index (χ0v) is 9.81. The smallest absolute Gasteiger partial charge is 0.310 e. The Morgan fingerprint density at radius 3 is 2.00 bits per heavy atom. The molecule has 0 radical (unpaired) electrons. The number of methoxy groups -OCH3 is 3. The number of carbonyl (C=O) groups is 1. The van der Waals surface area contributed by atoms with Crippen LogP contribution in [0.4, 0.5) is 0 Å². The van der Waals surface area contributed by atoms with Crippen LogP contribution in [0.5, 0.6) is 0 Å². The molecule has 0 heterocycles. The number of rotatable bonds is 5. The maximum Gasteiger partial charge on any atom is 0.310 e. The first-order valence-corrected chi connectivity index (χ1v) is 4.52. The van der Waals surface area contributed by atoms with E-state index in [4.69, 9.17) is 20.0 Å². The highest BCUT2D eigenvalue weighted by Crippen LogP contribution is 2.14. The molecule has 0 amide bonds. The molecule has 0 fully saturated rings. The van der Waals surface area contributed by atoms with Gasteiger partial charge in [0.1, 0.15) is 17.7 Å². The summed E-state index contributed by atoms with van der Waals surface area (Å²) < 4.78 is 14.1. The van der Waals surface area contributed by atoms with Crippen molar-refractivity contribution in [2.45, 2.75) is 6.42 Å². The third-order valence-corrected chi connectivity index (χ3v) is 1.80. The lowest BCUT2D eigenvalue weighted by atomic mass is 10.1. The predicted octanol–water partition coefficient (Wildman–Crippen LogP) is 1.03. The van der Waals surface area contributed by atoms with Crippen LogP contribution < -0.4 is 0 Å². The van der Waals surface area contributed by atoms with E-state index in [0.29, 0.717) is 0 Å². The zero-order valence-electron chi connectivity index (χ0n) is 9.81. The molecule has 0 aliphatic carbocycles. The first-order valence-electron chi connectivity index (χ1n) is 4.52. The lowest BCUT2D eigenvalue weighted by Gasteiger charge is -2.05. The van der Waals surface area contributed by atoms with E-state index in [0.717, 1.165) is 0 Å². The van der Waals surface area contributed by atoms with Crippen LogP contribution in [0.3, 0.4) is 0 Å². The maximum atomic E-state index is 11.1. The van der Waals surface area contributed by atoms with E-state index in [-0.39, 0.29) is 23.5 Å². The average Bonchev–Trinajstić information content (AvgIpc) is 2.36. The van der Waals surface area contributed by atoms with Crippen molar-refractivity contribution < 1.29 is 19.0 Å². The van der Waals surface area contributed by atoms with Crippen LogP contribution >= 0.6 is 0 Å². The summed E-state index contributed by atoms with van der Waals surface area (Å²) >= 11 is 0. The Balaban J connectivity index is 5.36. The maximum absolute atomic E-state index is 11.1. The third-order valence-electron chi connectivity index (χ3n) is 1.80. The highest BCUT2D eigenvalue weighted by atomic mass is 16.7. The third kappa shape index (κ3) is 4.72. The standard InChI is InChI=1S/C11H12N2O4/c1-15-10(14)4-8(9(6-12)7-13)5-11(16-2)17-3/h5H,4H2,1-3H3. The highest BCUT2D eigenvalue weighted by Gasteiger charge is 2.12. The van der Waals surface area contributed by atoms with Crippen molar-refractivity contribution in [1.29, 1.82) is 10.5 Å². The summed E-state index contributed by atoms with van der Waals surface area (Å²) in [6.07, 6.45) is 1.10. The topological polar surface area (TPSA) is 92.3 Å². The number of esters is 1. The average molecular weight is 236 g/mol. The SMILES string of the molecule is COC(=O)CC(C=C(OC)OC)=C(C#N)C#N. The van der Waals surface area contributed by atoms with E-state index >= 15 is 0 Å². The first kappa shape index (κ1) is 14.5. The van der Waals surface area contributed by atoms with Gasteiger partial charge < -0.3 is 14.2 Å². The van der Waals surface area contributed by atoms with Gasteiger partial charge in [-0.2, -0.15) is 10.5 Å². The summed E-state index contributed by atoms with van der Waals surface area (Å²) in [7, 11) is 3.95. The summed E-state index contributed by atoms with van der Waals surface area (Å²) in [6.45, 7) is 0. The molecule has 6 nitrogen and oxygen atoms in total. The molecule has 0 bridgehead atoms. The van der Waals surface area contributed by atoms with Crippen molar-refractivity contribution in [3.8, 4) is 12.1 Å². The molecular weight excluding hydrogens is 224 g/mol. The number of nitriles is 2. The van der Waals surface area contributed by atoms with Crippen molar-refractivity contribution in [3.63, 3.8) is 0 Å². The molecule has 90 valence electrons. The second-order valence-corrected chi connectivity index (χ2v) is 2.75. The van der Waals surface area contributed by atoms with E-state index in [9.17, 15) is 4.79 Å². The van der Waals surface area contributed by atoms with Crippen molar-refractivity contribution in [3.05, 3.63) is 23.2 Å². The Morgan fingerprint density at radius 2 is 1.65 bits per heavy atom. The highest BCUT2D eigenvalue weighted by molar-refractivity contribution is 5.74. The van der Waals surface area contributed by atoms with Crippen LogP contribution in [-0.4, -0.2) is 27.3 Å². The normalized spacial score (nSPS) is 8.06. The number of nitrogens with zero attached hydrogens (tertiary/aromatic N) is 2. The monoisotopic (exact) mass is 236 g/mol. The molecule has 0 aromatic carbocycles. The molecular formula is C11H12N2O4. The van der Waals surface area contributed by atoms with E-state index in [1.165, 1.54) is 27.4 Å². The van der Waals surface area contributed by atoms with Crippen LogP contribution in [0.1, 0.15) is 6.42 Å². The van der Waals surface area contributed by atoms with Gasteiger partial charge in [0, 0.05) is 6.08 Å².